The van der Waals surface area contributed by atoms with Crippen LogP contribution in [0.3, 0.4) is 0 Å². The van der Waals surface area contributed by atoms with Crippen LogP contribution in [0.5, 0.6) is 0 Å². The van der Waals surface area contributed by atoms with E-state index >= 15 is 0 Å². The van der Waals surface area contributed by atoms with Crippen molar-refractivity contribution in [3.8, 4) is 0 Å². The van der Waals surface area contributed by atoms with Crippen LogP contribution in [-0.2, 0) is 4.79 Å². The van der Waals surface area contributed by atoms with Gasteiger partial charge in [0, 0.05) is 12.5 Å². The molecule has 0 aromatic heterocycles. The summed E-state index contributed by atoms with van der Waals surface area (Å²) in [7, 11) is 0. The summed E-state index contributed by atoms with van der Waals surface area (Å²) in [4.78, 5) is 11.7. The number of nitrogens with two attached hydrogens (primary N) is 1. The summed E-state index contributed by atoms with van der Waals surface area (Å²) in [6.45, 7) is 4.75. The monoisotopic (exact) mass is 226 g/mol. The van der Waals surface area contributed by atoms with Crippen molar-refractivity contribution in [3.05, 3.63) is 0 Å². The number of carbonyl (C=O) groups excluding carboxylic acids is 1. The molecule has 1 aliphatic carbocycles. The Labute approximate surface area is 99.2 Å². The number of hydrogen-bond donors (Lipinski definition) is 2. The first-order valence-corrected chi connectivity index (χ1v) is 6.63. The van der Waals surface area contributed by atoms with Gasteiger partial charge in [0.25, 0.3) is 0 Å². The van der Waals surface area contributed by atoms with Crippen molar-refractivity contribution < 1.29 is 4.79 Å². The van der Waals surface area contributed by atoms with Crippen molar-refractivity contribution in [1.82, 2.24) is 5.32 Å². The number of rotatable bonds is 5. The summed E-state index contributed by atoms with van der Waals surface area (Å²) < 4.78 is 0. The van der Waals surface area contributed by atoms with Crippen molar-refractivity contribution in [2.75, 3.05) is 6.54 Å². The molecule has 2 atom stereocenters. The molecule has 0 aromatic carbocycles. The zero-order valence-electron chi connectivity index (χ0n) is 10.7. The zero-order chi connectivity index (χ0) is 12.0. The Morgan fingerprint density at radius 3 is 2.50 bits per heavy atom. The molecule has 1 aliphatic rings. The summed E-state index contributed by atoms with van der Waals surface area (Å²) >= 11 is 0. The third-order valence-corrected chi connectivity index (χ3v) is 3.68. The van der Waals surface area contributed by atoms with Crippen LogP contribution in [0.15, 0.2) is 0 Å². The van der Waals surface area contributed by atoms with Crippen molar-refractivity contribution in [1.29, 1.82) is 0 Å². The molecular formula is C13H26N2O. The third kappa shape index (κ3) is 4.52. The maximum atomic E-state index is 11.7. The molecule has 94 valence electrons. The molecule has 0 saturated heterocycles. The zero-order valence-corrected chi connectivity index (χ0v) is 10.7. The molecule has 1 fully saturated rings. The van der Waals surface area contributed by atoms with Crippen molar-refractivity contribution in [2.24, 2.45) is 17.6 Å². The highest BCUT2D eigenvalue weighted by Crippen LogP contribution is 2.26. The highest BCUT2D eigenvalue weighted by atomic mass is 16.1. The van der Waals surface area contributed by atoms with E-state index < -0.39 is 0 Å². The van der Waals surface area contributed by atoms with Gasteiger partial charge >= 0.3 is 0 Å². The topological polar surface area (TPSA) is 55.1 Å². The summed E-state index contributed by atoms with van der Waals surface area (Å²) in [6, 6.07) is 0.331. The minimum absolute atomic E-state index is 0.163. The van der Waals surface area contributed by atoms with Crippen LogP contribution in [-0.4, -0.2) is 18.5 Å². The van der Waals surface area contributed by atoms with E-state index in [4.69, 9.17) is 5.73 Å². The van der Waals surface area contributed by atoms with Crippen LogP contribution in [0, 0.1) is 11.8 Å². The number of amides is 1. The Morgan fingerprint density at radius 2 is 1.94 bits per heavy atom. The Balaban J connectivity index is 2.26. The van der Waals surface area contributed by atoms with Crippen LogP contribution < -0.4 is 11.1 Å². The molecule has 0 aromatic rings. The second-order valence-corrected chi connectivity index (χ2v) is 5.30. The van der Waals surface area contributed by atoms with E-state index in [-0.39, 0.29) is 5.91 Å². The largest absolute Gasteiger partial charge is 0.353 e. The molecule has 1 rings (SSSR count). The van der Waals surface area contributed by atoms with E-state index in [1.807, 2.05) is 6.92 Å². The molecule has 0 radical (unpaired) electrons. The molecule has 0 aliphatic heterocycles. The minimum atomic E-state index is 0.163. The van der Waals surface area contributed by atoms with Gasteiger partial charge in [-0.05, 0) is 38.1 Å². The molecule has 1 amide bonds. The highest BCUT2D eigenvalue weighted by molar-refractivity contribution is 5.76. The normalized spacial score (nSPS) is 21.4. The molecular weight excluding hydrogens is 200 g/mol. The second-order valence-electron chi connectivity index (χ2n) is 5.30. The summed E-state index contributed by atoms with van der Waals surface area (Å²) in [5, 5.41) is 3.12. The van der Waals surface area contributed by atoms with Gasteiger partial charge in [-0.15, -0.1) is 0 Å². The van der Waals surface area contributed by atoms with Gasteiger partial charge in [-0.2, -0.15) is 0 Å². The quantitative estimate of drug-likeness (QED) is 0.754. The molecule has 3 heteroatoms. The Bertz CT molecular complexity index is 212. The van der Waals surface area contributed by atoms with Gasteiger partial charge in [-0.3, -0.25) is 4.79 Å². The van der Waals surface area contributed by atoms with Gasteiger partial charge < -0.3 is 11.1 Å². The lowest BCUT2D eigenvalue weighted by Crippen LogP contribution is -2.39. The van der Waals surface area contributed by atoms with Gasteiger partial charge in [0.1, 0.15) is 0 Å². The van der Waals surface area contributed by atoms with Crippen LogP contribution in [0.1, 0.15) is 52.4 Å². The van der Waals surface area contributed by atoms with E-state index in [1.165, 1.54) is 32.1 Å². The van der Waals surface area contributed by atoms with Crippen LogP contribution >= 0.6 is 0 Å². The maximum Gasteiger partial charge on any atom is 0.220 e. The fourth-order valence-corrected chi connectivity index (χ4v) is 2.46. The van der Waals surface area contributed by atoms with Gasteiger partial charge in [-0.1, -0.05) is 26.2 Å². The lowest BCUT2D eigenvalue weighted by atomic mass is 9.84. The van der Waals surface area contributed by atoms with Gasteiger partial charge in [0.15, 0.2) is 0 Å². The first-order valence-electron chi connectivity index (χ1n) is 6.63. The SMILES string of the molecule is CC(CN)CC(=O)NC(C)C1CCCCC1. The van der Waals surface area contributed by atoms with Crippen LogP contribution in [0.2, 0.25) is 0 Å². The molecule has 16 heavy (non-hydrogen) atoms. The molecule has 1 saturated carbocycles. The third-order valence-electron chi connectivity index (χ3n) is 3.68. The second kappa shape index (κ2) is 6.89. The predicted octanol–water partition coefficient (Wildman–Crippen LogP) is 2.06. The number of nitrogens with one attached hydrogen (secondary N) is 1. The summed E-state index contributed by atoms with van der Waals surface area (Å²) in [6.07, 6.45) is 7.12. The average molecular weight is 226 g/mol. The standard InChI is InChI=1S/C13H26N2O/c1-10(9-14)8-13(16)15-11(2)12-6-4-3-5-7-12/h10-12H,3-9,14H2,1-2H3,(H,15,16). The van der Waals surface area contributed by atoms with E-state index in [0.29, 0.717) is 30.8 Å². The number of hydrogen-bond acceptors (Lipinski definition) is 2. The predicted molar refractivity (Wildman–Crippen MR) is 67.0 cm³/mol. The molecule has 0 bridgehead atoms. The lowest BCUT2D eigenvalue weighted by Gasteiger charge is -2.28. The van der Waals surface area contributed by atoms with Crippen molar-refractivity contribution in [3.63, 3.8) is 0 Å². The van der Waals surface area contributed by atoms with Gasteiger partial charge in [-0.25, -0.2) is 0 Å². The molecule has 3 N–H and O–H groups in total. The Kier molecular flexibility index (Phi) is 5.81. The van der Waals surface area contributed by atoms with Crippen molar-refractivity contribution >= 4 is 5.91 Å². The summed E-state index contributed by atoms with van der Waals surface area (Å²) in [5.41, 5.74) is 5.51. The minimum Gasteiger partial charge on any atom is -0.353 e. The number of carbonyl (C=O) groups is 1. The Morgan fingerprint density at radius 1 is 1.31 bits per heavy atom. The van der Waals surface area contributed by atoms with E-state index in [1.54, 1.807) is 0 Å². The lowest BCUT2D eigenvalue weighted by molar-refractivity contribution is -0.122. The van der Waals surface area contributed by atoms with E-state index in [0.717, 1.165) is 0 Å². The molecule has 3 nitrogen and oxygen atoms in total. The maximum absolute atomic E-state index is 11.7. The smallest absolute Gasteiger partial charge is 0.220 e. The van der Waals surface area contributed by atoms with Crippen LogP contribution in [0.4, 0.5) is 0 Å². The average Bonchev–Trinajstić information content (AvgIpc) is 2.29. The van der Waals surface area contributed by atoms with E-state index in [2.05, 4.69) is 12.2 Å². The first kappa shape index (κ1) is 13.5. The Hall–Kier alpha value is -0.570. The molecule has 0 spiro atoms. The van der Waals surface area contributed by atoms with Gasteiger partial charge in [0.2, 0.25) is 5.91 Å². The van der Waals surface area contributed by atoms with Crippen molar-refractivity contribution in [2.45, 2.75) is 58.4 Å². The fraction of sp³-hybridized carbons (Fsp3) is 0.923. The molecule has 2 unspecified atom stereocenters. The summed E-state index contributed by atoms with van der Waals surface area (Å²) in [5.74, 6) is 1.14. The van der Waals surface area contributed by atoms with Gasteiger partial charge in [0.05, 0.1) is 0 Å². The highest BCUT2D eigenvalue weighted by Gasteiger charge is 2.21. The fourth-order valence-electron chi connectivity index (χ4n) is 2.46. The van der Waals surface area contributed by atoms with E-state index in [9.17, 15) is 4.79 Å². The molecule has 0 heterocycles. The first-order chi connectivity index (χ1) is 7.63. The van der Waals surface area contributed by atoms with Crippen LogP contribution in [0.25, 0.3) is 0 Å².